The Hall–Kier alpha value is -2.71. The summed E-state index contributed by atoms with van der Waals surface area (Å²) in [4.78, 5) is 12.6. The molecule has 1 aliphatic heterocycles. The SMILES string of the molecule is CC(Sc1nnc(-c2ccc(F)cc2)n1CC1CCCO1)C(=O)Nc1ccccc1. The fourth-order valence-corrected chi connectivity index (χ4v) is 4.18. The average molecular weight is 427 g/mol. The van der Waals surface area contributed by atoms with E-state index in [4.69, 9.17) is 4.74 Å². The molecule has 1 aromatic heterocycles. The normalized spacial score (nSPS) is 17.1. The highest BCUT2D eigenvalue weighted by molar-refractivity contribution is 8.00. The summed E-state index contributed by atoms with van der Waals surface area (Å²) < 4.78 is 21.1. The van der Waals surface area contributed by atoms with Crippen LogP contribution in [0.2, 0.25) is 0 Å². The molecule has 0 spiro atoms. The number of nitrogens with zero attached hydrogens (tertiary/aromatic N) is 3. The summed E-state index contributed by atoms with van der Waals surface area (Å²) in [5.74, 6) is 0.231. The van der Waals surface area contributed by atoms with E-state index in [-0.39, 0.29) is 23.1 Å². The summed E-state index contributed by atoms with van der Waals surface area (Å²) in [6.07, 6.45) is 2.07. The molecule has 2 heterocycles. The molecule has 2 aromatic carbocycles. The van der Waals surface area contributed by atoms with E-state index in [9.17, 15) is 9.18 Å². The number of ether oxygens (including phenoxy) is 1. The second-order valence-electron chi connectivity index (χ2n) is 7.17. The van der Waals surface area contributed by atoms with E-state index in [2.05, 4.69) is 15.5 Å². The summed E-state index contributed by atoms with van der Waals surface area (Å²) in [5.41, 5.74) is 1.53. The van der Waals surface area contributed by atoms with Gasteiger partial charge in [-0.25, -0.2) is 4.39 Å². The minimum atomic E-state index is -0.376. The van der Waals surface area contributed by atoms with Crippen molar-refractivity contribution in [3.63, 3.8) is 0 Å². The van der Waals surface area contributed by atoms with Gasteiger partial charge in [-0.3, -0.25) is 9.36 Å². The number of carbonyl (C=O) groups excluding carboxylic acids is 1. The Bertz CT molecular complexity index is 988. The number of aromatic nitrogens is 3. The van der Waals surface area contributed by atoms with E-state index >= 15 is 0 Å². The van der Waals surface area contributed by atoms with E-state index in [1.807, 2.05) is 41.8 Å². The molecule has 0 aliphatic carbocycles. The number of para-hydroxylation sites is 1. The number of hydrogen-bond acceptors (Lipinski definition) is 5. The van der Waals surface area contributed by atoms with Gasteiger partial charge in [0.05, 0.1) is 17.9 Å². The van der Waals surface area contributed by atoms with Crippen LogP contribution in [-0.2, 0) is 16.1 Å². The lowest BCUT2D eigenvalue weighted by molar-refractivity contribution is -0.115. The van der Waals surface area contributed by atoms with Crippen LogP contribution >= 0.6 is 11.8 Å². The fraction of sp³-hybridized carbons (Fsp3) is 0.318. The second-order valence-corrected chi connectivity index (χ2v) is 8.48. The summed E-state index contributed by atoms with van der Waals surface area (Å²) in [6, 6.07) is 15.5. The molecular formula is C22H23FN4O2S. The maximum atomic E-state index is 13.4. The molecule has 3 aromatic rings. The Morgan fingerprint density at radius 3 is 2.70 bits per heavy atom. The van der Waals surface area contributed by atoms with Crippen LogP contribution in [0.4, 0.5) is 10.1 Å². The smallest absolute Gasteiger partial charge is 0.237 e. The lowest BCUT2D eigenvalue weighted by Crippen LogP contribution is -2.23. The average Bonchev–Trinajstić information content (AvgIpc) is 3.40. The number of hydrogen-bond donors (Lipinski definition) is 1. The first-order valence-corrected chi connectivity index (χ1v) is 10.8. The molecule has 2 unspecified atom stereocenters. The van der Waals surface area contributed by atoms with Crippen LogP contribution in [0.15, 0.2) is 59.8 Å². The Morgan fingerprint density at radius 2 is 2.00 bits per heavy atom. The van der Waals surface area contributed by atoms with Crippen LogP contribution in [0.25, 0.3) is 11.4 Å². The largest absolute Gasteiger partial charge is 0.376 e. The number of carbonyl (C=O) groups is 1. The number of amides is 1. The molecule has 6 nitrogen and oxygen atoms in total. The van der Waals surface area contributed by atoms with Crippen LogP contribution in [0.1, 0.15) is 19.8 Å². The summed E-state index contributed by atoms with van der Waals surface area (Å²) in [5, 5.41) is 11.8. The van der Waals surface area contributed by atoms with Gasteiger partial charge in [0.2, 0.25) is 5.91 Å². The molecule has 0 bridgehead atoms. The molecule has 0 radical (unpaired) electrons. The molecule has 156 valence electrons. The van der Waals surface area contributed by atoms with Gasteiger partial charge in [0.1, 0.15) is 5.82 Å². The number of benzene rings is 2. The lowest BCUT2D eigenvalue weighted by atomic mass is 10.2. The minimum absolute atomic E-state index is 0.0769. The highest BCUT2D eigenvalue weighted by atomic mass is 32.2. The first kappa shape index (κ1) is 20.6. The van der Waals surface area contributed by atoms with Crippen molar-refractivity contribution in [2.75, 3.05) is 11.9 Å². The van der Waals surface area contributed by atoms with Crippen molar-refractivity contribution in [2.45, 2.75) is 42.8 Å². The van der Waals surface area contributed by atoms with E-state index in [0.29, 0.717) is 17.5 Å². The zero-order valence-corrected chi connectivity index (χ0v) is 17.4. The molecule has 4 rings (SSSR count). The van der Waals surface area contributed by atoms with E-state index in [1.54, 1.807) is 12.1 Å². The molecule has 1 N–H and O–H groups in total. The first-order chi connectivity index (χ1) is 14.6. The highest BCUT2D eigenvalue weighted by Gasteiger charge is 2.24. The molecule has 1 saturated heterocycles. The van der Waals surface area contributed by atoms with Gasteiger partial charge < -0.3 is 10.1 Å². The summed E-state index contributed by atoms with van der Waals surface area (Å²) in [7, 11) is 0. The molecule has 8 heteroatoms. The Balaban J connectivity index is 1.55. The molecule has 2 atom stereocenters. The van der Waals surface area contributed by atoms with Gasteiger partial charge in [0, 0.05) is 17.9 Å². The Kier molecular flexibility index (Phi) is 6.44. The van der Waals surface area contributed by atoms with Crippen LogP contribution in [0.5, 0.6) is 0 Å². The number of anilines is 1. The molecule has 1 fully saturated rings. The van der Waals surface area contributed by atoms with Crippen molar-refractivity contribution >= 4 is 23.4 Å². The summed E-state index contributed by atoms with van der Waals surface area (Å²) >= 11 is 1.35. The van der Waals surface area contributed by atoms with Crippen LogP contribution < -0.4 is 5.32 Å². The van der Waals surface area contributed by atoms with Gasteiger partial charge in [-0.1, -0.05) is 30.0 Å². The second kappa shape index (κ2) is 9.40. The van der Waals surface area contributed by atoms with Gasteiger partial charge in [-0.05, 0) is 56.2 Å². The Morgan fingerprint density at radius 1 is 1.23 bits per heavy atom. The number of thioether (sulfide) groups is 1. The van der Waals surface area contributed by atoms with Crippen molar-refractivity contribution in [2.24, 2.45) is 0 Å². The molecule has 0 saturated carbocycles. The molecule has 1 amide bonds. The number of halogens is 1. The van der Waals surface area contributed by atoms with Gasteiger partial charge >= 0.3 is 0 Å². The third-order valence-electron chi connectivity index (χ3n) is 4.92. The molecular weight excluding hydrogens is 403 g/mol. The first-order valence-electron chi connectivity index (χ1n) is 9.93. The highest BCUT2D eigenvalue weighted by Crippen LogP contribution is 2.29. The molecule has 1 aliphatic rings. The topological polar surface area (TPSA) is 69.0 Å². The van der Waals surface area contributed by atoms with Crippen molar-refractivity contribution in [3.8, 4) is 11.4 Å². The fourth-order valence-electron chi connectivity index (χ4n) is 3.32. The number of nitrogens with one attached hydrogen (secondary N) is 1. The predicted octanol–water partition coefficient (Wildman–Crippen LogP) is 4.38. The van der Waals surface area contributed by atoms with Crippen molar-refractivity contribution in [1.82, 2.24) is 14.8 Å². The monoisotopic (exact) mass is 426 g/mol. The summed E-state index contributed by atoms with van der Waals surface area (Å²) in [6.45, 7) is 3.18. The van der Waals surface area contributed by atoms with Gasteiger partial charge in [-0.2, -0.15) is 0 Å². The minimum Gasteiger partial charge on any atom is -0.376 e. The standard InChI is InChI=1S/C22H23FN4O2S/c1-15(21(28)24-18-6-3-2-4-7-18)30-22-26-25-20(16-9-11-17(23)12-10-16)27(22)14-19-8-5-13-29-19/h2-4,6-7,9-12,15,19H,5,8,13-14H2,1H3,(H,24,28). The quantitative estimate of drug-likeness (QED) is 0.568. The maximum Gasteiger partial charge on any atom is 0.237 e. The van der Waals surface area contributed by atoms with Gasteiger partial charge in [0.25, 0.3) is 0 Å². The van der Waals surface area contributed by atoms with Gasteiger partial charge in [0.15, 0.2) is 11.0 Å². The zero-order valence-electron chi connectivity index (χ0n) is 16.6. The lowest BCUT2D eigenvalue weighted by Gasteiger charge is -2.16. The maximum absolute atomic E-state index is 13.4. The van der Waals surface area contributed by atoms with Gasteiger partial charge in [-0.15, -0.1) is 10.2 Å². The van der Waals surface area contributed by atoms with E-state index < -0.39 is 0 Å². The van der Waals surface area contributed by atoms with Crippen LogP contribution in [-0.4, -0.2) is 38.6 Å². The zero-order chi connectivity index (χ0) is 20.9. The van der Waals surface area contributed by atoms with Crippen LogP contribution in [0.3, 0.4) is 0 Å². The van der Waals surface area contributed by atoms with Crippen molar-refractivity contribution in [1.29, 1.82) is 0 Å². The van der Waals surface area contributed by atoms with E-state index in [0.717, 1.165) is 30.7 Å². The molecule has 30 heavy (non-hydrogen) atoms. The predicted molar refractivity (Wildman–Crippen MR) is 115 cm³/mol. The third-order valence-corrected chi connectivity index (χ3v) is 6.00. The third kappa shape index (κ3) is 4.88. The number of rotatable bonds is 7. The Labute approximate surface area is 178 Å². The van der Waals surface area contributed by atoms with Crippen molar-refractivity contribution < 1.29 is 13.9 Å². The van der Waals surface area contributed by atoms with E-state index in [1.165, 1.54) is 23.9 Å². The van der Waals surface area contributed by atoms with Crippen LogP contribution in [0, 0.1) is 5.82 Å². The van der Waals surface area contributed by atoms with Crippen molar-refractivity contribution in [3.05, 3.63) is 60.4 Å².